The molecular formula is C16H26N2O2S. The van der Waals surface area contributed by atoms with Crippen molar-refractivity contribution in [2.45, 2.75) is 32.6 Å². The van der Waals surface area contributed by atoms with Crippen LogP contribution < -0.4 is 5.32 Å². The van der Waals surface area contributed by atoms with Crippen LogP contribution in [0.15, 0.2) is 12.1 Å². The molecule has 0 spiro atoms. The average molecular weight is 310 g/mol. The van der Waals surface area contributed by atoms with Gasteiger partial charge in [0.05, 0.1) is 18.1 Å². The summed E-state index contributed by atoms with van der Waals surface area (Å²) in [5, 5.41) is 3.02. The van der Waals surface area contributed by atoms with E-state index in [1.165, 1.54) is 4.88 Å². The second-order valence-electron chi connectivity index (χ2n) is 6.48. The van der Waals surface area contributed by atoms with E-state index in [-0.39, 0.29) is 11.3 Å². The molecule has 0 aromatic carbocycles. The average Bonchev–Trinajstić information content (AvgIpc) is 2.94. The molecule has 1 saturated heterocycles. The van der Waals surface area contributed by atoms with Crippen molar-refractivity contribution in [2.24, 2.45) is 0 Å². The maximum absolute atomic E-state index is 12.1. The Balaban J connectivity index is 1.70. The van der Waals surface area contributed by atoms with Crippen molar-refractivity contribution >= 4 is 17.2 Å². The highest BCUT2D eigenvalue weighted by atomic mass is 32.1. The summed E-state index contributed by atoms with van der Waals surface area (Å²) in [7, 11) is 0. The van der Waals surface area contributed by atoms with Gasteiger partial charge < -0.3 is 10.1 Å². The van der Waals surface area contributed by atoms with E-state index in [9.17, 15) is 4.79 Å². The normalized spacial score (nSPS) is 16.9. The Morgan fingerprint density at radius 2 is 2.05 bits per heavy atom. The summed E-state index contributed by atoms with van der Waals surface area (Å²) < 4.78 is 5.32. The second kappa shape index (κ2) is 7.38. The highest BCUT2D eigenvalue weighted by Gasteiger charge is 2.18. The van der Waals surface area contributed by atoms with Gasteiger partial charge in [-0.05, 0) is 30.5 Å². The Morgan fingerprint density at radius 1 is 1.33 bits per heavy atom. The Bertz CT molecular complexity index is 459. The van der Waals surface area contributed by atoms with Crippen molar-refractivity contribution in [3.63, 3.8) is 0 Å². The minimum atomic E-state index is 0.0532. The summed E-state index contributed by atoms with van der Waals surface area (Å²) in [5.41, 5.74) is 0.111. The van der Waals surface area contributed by atoms with Gasteiger partial charge in [-0.2, -0.15) is 0 Å². The standard InChI is InChI=1S/C16H26N2O2S/c1-16(2,3)14-6-5-13(21-14)15(19)17-7-4-8-18-9-11-20-12-10-18/h5-6H,4,7-12H2,1-3H3,(H,17,19). The molecule has 0 atom stereocenters. The molecule has 4 nitrogen and oxygen atoms in total. The fourth-order valence-corrected chi connectivity index (χ4v) is 3.26. The number of thiophene rings is 1. The first kappa shape index (κ1) is 16.5. The number of nitrogens with zero attached hydrogens (tertiary/aromatic N) is 1. The monoisotopic (exact) mass is 310 g/mol. The summed E-state index contributed by atoms with van der Waals surface area (Å²) >= 11 is 1.60. The maximum atomic E-state index is 12.1. The number of amides is 1. The molecule has 1 aromatic rings. The number of morpholine rings is 1. The van der Waals surface area contributed by atoms with Gasteiger partial charge in [-0.15, -0.1) is 11.3 Å². The molecule has 1 N–H and O–H groups in total. The molecule has 0 radical (unpaired) electrons. The molecule has 1 aliphatic rings. The van der Waals surface area contributed by atoms with Crippen LogP contribution in [0.25, 0.3) is 0 Å². The Hall–Kier alpha value is -0.910. The van der Waals surface area contributed by atoms with Gasteiger partial charge in [0.1, 0.15) is 0 Å². The van der Waals surface area contributed by atoms with Crippen molar-refractivity contribution < 1.29 is 9.53 Å². The van der Waals surface area contributed by atoms with Crippen molar-refractivity contribution in [2.75, 3.05) is 39.4 Å². The van der Waals surface area contributed by atoms with E-state index in [1.54, 1.807) is 11.3 Å². The van der Waals surface area contributed by atoms with Gasteiger partial charge in [-0.3, -0.25) is 9.69 Å². The second-order valence-corrected chi connectivity index (χ2v) is 7.56. The van der Waals surface area contributed by atoms with Crippen LogP contribution in [0.5, 0.6) is 0 Å². The largest absolute Gasteiger partial charge is 0.379 e. The summed E-state index contributed by atoms with van der Waals surface area (Å²) in [5.74, 6) is 0.0532. The number of carbonyl (C=O) groups excluding carboxylic acids is 1. The zero-order valence-electron chi connectivity index (χ0n) is 13.3. The SMILES string of the molecule is CC(C)(C)c1ccc(C(=O)NCCCN2CCOCC2)s1. The van der Waals surface area contributed by atoms with Gasteiger partial charge in [0.2, 0.25) is 0 Å². The molecule has 118 valence electrons. The Morgan fingerprint density at radius 3 is 2.67 bits per heavy atom. The van der Waals surface area contributed by atoms with Gasteiger partial charge >= 0.3 is 0 Å². The van der Waals surface area contributed by atoms with Crippen LogP contribution in [0.3, 0.4) is 0 Å². The van der Waals surface area contributed by atoms with E-state index in [0.717, 1.165) is 50.7 Å². The first-order chi connectivity index (χ1) is 9.97. The topological polar surface area (TPSA) is 41.6 Å². The minimum Gasteiger partial charge on any atom is -0.379 e. The van der Waals surface area contributed by atoms with Crippen LogP contribution in [0.1, 0.15) is 41.7 Å². The summed E-state index contributed by atoms with van der Waals surface area (Å²) in [6.07, 6.45) is 0.989. The number of nitrogens with one attached hydrogen (secondary N) is 1. The molecule has 0 unspecified atom stereocenters. The fraction of sp³-hybridized carbons (Fsp3) is 0.688. The van der Waals surface area contributed by atoms with Crippen LogP contribution >= 0.6 is 11.3 Å². The Labute approximate surface area is 131 Å². The third-order valence-corrected chi connectivity index (χ3v) is 5.12. The van der Waals surface area contributed by atoms with Gasteiger partial charge in [0.15, 0.2) is 0 Å². The zero-order chi connectivity index (χ0) is 15.3. The van der Waals surface area contributed by atoms with Gasteiger partial charge in [-0.1, -0.05) is 20.8 Å². The highest BCUT2D eigenvalue weighted by molar-refractivity contribution is 7.14. The van der Waals surface area contributed by atoms with Gasteiger partial charge in [0.25, 0.3) is 5.91 Å². The predicted octanol–water partition coefficient (Wildman–Crippen LogP) is 2.50. The predicted molar refractivity (Wildman–Crippen MR) is 87.2 cm³/mol. The molecule has 5 heteroatoms. The van der Waals surface area contributed by atoms with Crippen LogP contribution in [-0.4, -0.2) is 50.2 Å². The Kier molecular flexibility index (Phi) is 5.79. The first-order valence-corrected chi connectivity index (χ1v) is 8.47. The van der Waals surface area contributed by atoms with Gasteiger partial charge in [0, 0.05) is 24.5 Å². The molecule has 0 bridgehead atoms. The molecule has 21 heavy (non-hydrogen) atoms. The molecule has 1 aromatic heterocycles. The number of carbonyl (C=O) groups is 1. The molecule has 1 fully saturated rings. The number of ether oxygens (including phenoxy) is 1. The molecule has 2 rings (SSSR count). The van der Waals surface area contributed by atoms with E-state index >= 15 is 0 Å². The highest BCUT2D eigenvalue weighted by Crippen LogP contribution is 2.29. The lowest BCUT2D eigenvalue weighted by Gasteiger charge is -2.26. The first-order valence-electron chi connectivity index (χ1n) is 7.65. The lowest BCUT2D eigenvalue weighted by Crippen LogP contribution is -2.38. The summed E-state index contributed by atoms with van der Waals surface area (Å²) in [6.45, 7) is 11.9. The lowest BCUT2D eigenvalue weighted by atomic mass is 9.95. The number of hydrogen-bond acceptors (Lipinski definition) is 4. The molecule has 1 amide bonds. The zero-order valence-corrected chi connectivity index (χ0v) is 14.1. The molecule has 0 aliphatic carbocycles. The van der Waals surface area contributed by atoms with Crippen LogP contribution in [-0.2, 0) is 10.2 Å². The van der Waals surface area contributed by atoms with E-state index < -0.39 is 0 Å². The van der Waals surface area contributed by atoms with E-state index in [4.69, 9.17) is 4.74 Å². The quantitative estimate of drug-likeness (QED) is 0.850. The fourth-order valence-electron chi connectivity index (χ4n) is 2.28. The van der Waals surface area contributed by atoms with Crippen molar-refractivity contribution in [1.82, 2.24) is 10.2 Å². The molecule has 2 heterocycles. The van der Waals surface area contributed by atoms with E-state index in [0.29, 0.717) is 0 Å². The molecular weight excluding hydrogens is 284 g/mol. The third-order valence-electron chi connectivity index (χ3n) is 3.61. The minimum absolute atomic E-state index is 0.0532. The molecule has 1 aliphatic heterocycles. The smallest absolute Gasteiger partial charge is 0.261 e. The summed E-state index contributed by atoms with van der Waals surface area (Å²) in [4.78, 5) is 16.6. The maximum Gasteiger partial charge on any atom is 0.261 e. The van der Waals surface area contributed by atoms with Crippen molar-refractivity contribution in [3.8, 4) is 0 Å². The van der Waals surface area contributed by atoms with Gasteiger partial charge in [-0.25, -0.2) is 0 Å². The van der Waals surface area contributed by atoms with Crippen LogP contribution in [0.4, 0.5) is 0 Å². The van der Waals surface area contributed by atoms with Crippen molar-refractivity contribution in [3.05, 3.63) is 21.9 Å². The molecule has 0 saturated carbocycles. The van der Waals surface area contributed by atoms with Crippen molar-refractivity contribution in [1.29, 1.82) is 0 Å². The third kappa shape index (κ3) is 5.09. The van der Waals surface area contributed by atoms with E-state index in [1.807, 2.05) is 6.07 Å². The van der Waals surface area contributed by atoms with E-state index in [2.05, 4.69) is 37.1 Å². The lowest BCUT2D eigenvalue weighted by molar-refractivity contribution is 0.0374. The number of hydrogen-bond donors (Lipinski definition) is 1. The number of rotatable bonds is 5. The van der Waals surface area contributed by atoms with Crippen LogP contribution in [0, 0.1) is 0 Å². The summed E-state index contributed by atoms with van der Waals surface area (Å²) in [6, 6.07) is 4.00. The van der Waals surface area contributed by atoms with Crippen LogP contribution in [0.2, 0.25) is 0 Å².